The molecule has 3 rings (SSSR count). The SMILES string of the molecule is CN1CC(CN)CC1c1cc(Br)cc2c1CCC2. The summed E-state index contributed by atoms with van der Waals surface area (Å²) in [7, 11) is 2.24. The van der Waals surface area contributed by atoms with E-state index in [1.165, 1.54) is 30.2 Å². The van der Waals surface area contributed by atoms with E-state index in [0.717, 1.165) is 13.1 Å². The molecule has 2 atom stereocenters. The van der Waals surface area contributed by atoms with Gasteiger partial charge in [-0.2, -0.15) is 0 Å². The zero-order valence-electron chi connectivity index (χ0n) is 11.0. The van der Waals surface area contributed by atoms with Gasteiger partial charge in [0.05, 0.1) is 0 Å². The molecule has 1 aromatic rings. The number of nitrogens with two attached hydrogens (primary N) is 1. The average Bonchev–Trinajstić information content (AvgIpc) is 2.94. The standard InChI is InChI=1S/C15H21BrN2/c1-18-9-10(8-17)5-15(18)14-7-12(16)6-11-3-2-4-13(11)14/h6-7,10,15H,2-5,8-9,17H2,1H3. The normalized spacial score (nSPS) is 27.7. The topological polar surface area (TPSA) is 29.3 Å². The lowest BCUT2D eigenvalue weighted by Crippen LogP contribution is -2.21. The highest BCUT2D eigenvalue weighted by Crippen LogP contribution is 2.40. The average molecular weight is 309 g/mol. The second kappa shape index (κ2) is 4.95. The molecule has 0 amide bonds. The molecule has 1 aliphatic heterocycles. The first kappa shape index (κ1) is 12.6. The van der Waals surface area contributed by atoms with Crippen molar-refractivity contribution < 1.29 is 0 Å². The van der Waals surface area contributed by atoms with Gasteiger partial charge in [0.25, 0.3) is 0 Å². The van der Waals surface area contributed by atoms with Gasteiger partial charge in [0.2, 0.25) is 0 Å². The molecule has 2 N–H and O–H groups in total. The van der Waals surface area contributed by atoms with Crippen LogP contribution in [0.4, 0.5) is 0 Å². The van der Waals surface area contributed by atoms with Gasteiger partial charge in [-0.3, -0.25) is 4.90 Å². The molecule has 0 spiro atoms. The van der Waals surface area contributed by atoms with Crippen LogP contribution in [0.15, 0.2) is 16.6 Å². The van der Waals surface area contributed by atoms with Gasteiger partial charge in [-0.25, -0.2) is 0 Å². The Hall–Kier alpha value is -0.380. The summed E-state index contributed by atoms with van der Waals surface area (Å²) in [5, 5.41) is 0. The highest BCUT2D eigenvalue weighted by atomic mass is 79.9. The van der Waals surface area contributed by atoms with Crippen molar-refractivity contribution in [1.29, 1.82) is 0 Å². The second-order valence-corrected chi connectivity index (χ2v) is 6.69. The Morgan fingerprint density at radius 1 is 1.39 bits per heavy atom. The van der Waals surface area contributed by atoms with Crippen LogP contribution in [0.2, 0.25) is 0 Å². The summed E-state index contributed by atoms with van der Waals surface area (Å²) in [5.74, 6) is 0.663. The fraction of sp³-hybridized carbons (Fsp3) is 0.600. The molecular weight excluding hydrogens is 288 g/mol. The Balaban J connectivity index is 1.97. The van der Waals surface area contributed by atoms with Gasteiger partial charge in [-0.05, 0) is 74.0 Å². The Bertz CT molecular complexity index is 458. The van der Waals surface area contributed by atoms with E-state index in [2.05, 4.69) is 40.0 Å². The molecule has 1 aromatic carbocycles. The predicted octanol–water partition coefficient (Wildman–Crippen LogP) is 2.89. The molecular formula is C15H21BrN2. The van der Waals surface area contributed by atoms with Crippen LogP contribution < -0.4 is 5.73 Å². The fourth-order valence-electron chi connectivity index (χ4n) is 3.64. The lowest BCUT2D eigenvalue weighted by Gasteiger charge is -2.23. The minimum absolute atomic E-state index is 0.572. The predicted molar refractivity (Wildman–Crippen MR) is 78.7 cm³/mol. The molecule has 2 aliphatic rings. The van der Waals surface area contributed by atoms with Crippen molar-refractivity contribution in [3.8, 4) is 0 Å². The molecule has 98 valence electrons. The first-order valence-corrected chi connectivity index (χ1v) is 7.70. The van der Waals surface area contributed by atoms with Crippen LogP contribution >= 0.6 is 15.9 Å². The van der Waals surface area contributed by atoms with Gasteiger partial charge in [0.15, 0.2) is 0 Å². The first-order valence-electron chi connectivity index (χ1n) is 6.90. The van der Waals surface area contributed by atoms with E-state index in [1.54, 1.807) is 16.7 Å². The molecule has 2 unspecified atom stereocenters. The molecule has 0 bridgehead atoms. The molecule has 0 saturated carbocycles. The number of rotatable bonds is 2. The van der Waals surface area contributed by atoms with Crippen LogP contribution in [0.25, 0.3) is 0 Å². The molecule has 2 nitrogen and oxygen atoms in total. The molecule has 0 aromatic heterocycles. The van der Waals surface area contributed by atoms with E-state index in [4.69, 9.17) is 5.73 Å². The summed E-state index contributed by atoms with van der Waals surface area (Å²) >= 11 is 3.67. The molecule has 0 radical (unpaired) electrons. The Morgan fingerprint density at radius 3 is 2.94 bits per heavy atom. The zero-order valence-corrected chi connectivity index (χ0v) is 12.5. The van der Waals surface area contributed by atoms with E-state index < -0.39 is 0 Å². The number of aryl methyl sites for hydroxylation is 1. The molecule has 18 heavy (non-hydrogen) atoms. The Morgan fingerprint density at radius 2 is 2.22 bits per heavy atom. The van der Waals surface area contributed by atoms with E-state index in [-0.39, 0.29) is 0 Å². The van der Waals surface area contributed by atoms with Crippen molar-refractivity contribution in [3.63, 3.8) is 0 Å². The second-order valence-electron chi connectivity index (χ2n) is 5.78. The molecule has 1 aliphatic carbocycles. The molecule has 1 heterocycles. The minimum Gasteiger partial charge on any atom is -0.330 e. The summed E-state index contributed by atoms with van der Waals surface area (Å²) in [6.45, 7) is 1.96. The summed E-state index contributed by atoms with van der Waals surface area (Å²) in [5.41, 5.74) is 10.6. The van der Waals surface area contributed by atoms with Gasteiger partial charge in [-0.15, -0.1) is 0 Å². The monoisotopic (exact) mass is 308 g/mol. The zero-order chi connectivity index (χ0) is 12.7. The fourth-order valence-corrected chi connectivity index (χ4v) is 4.16. The quantitative estimate of drug-likeness (QED) is 0.910. The number of fused-ring (bicyclic) bond motifs is 1. The van der Waals surface area contributed by atoms with Crippen LogP contribution in [0.5, 0.6) is 0 Å². The number of benzene rings is 1. The maximum atomic E-state index is 5.84. The summed E-state index contributed by atoms with van der Waals surface area (Å²) in [6.07, 6.45) is 5.04. The van der Waals surface area contributed by atoms with Crippen molar-refractivity contribution in [2.24, 2.45) is 11.7 Å². The van der Waals surface area contributed by atoms with Gasteiger partial charge < -0.3 is 5.73 Å². The largest absolute Gasteiger partial charge is 0.330 e. The van der Waals surface area contributed by atoms with Crippen molar-refractivity contribution in [2.75, 3.05) is 20.1 Å². The third-order valence-corrected chi connectivity index (χ3v) is 5.00. The first-order chi connectivity index (χ1) is 8.69. The van der Waals surface area contributed by atoms with Gasteiger partial charge in [-0.1, -0.05) is 15.9 Å². The number of hydrogen-bond donors (Lipinski definition) is 1. The minimum atomic E-state index is 0.572. The number of halogens is 1. The van der Waals surface area contributed by atoms with Gasteiger partial charge in [0.1, 0.15) is 0 Å². The third-order valence-electron chi connectivity index (χ3n) is 4.54. The summed E-state index contributed by atoms with van der Waals surface area (Å²) in [4.78, 5) is 2.48. The summed E-state index contributed by atoms with van der Waals surface area (Å²) < 4.78 is 1.24. The van der Waals surface area contributed by atoms with E-state index in [1.807, 2.05) is 0 Å². The molecule has 1 fully saturated rings. The van der Waals surface area contributed by atoms with Crippen molar-refractivity contribution in [2.45, 2.75) is 31.7 Å². The van der Waals surface area contributed by atoms with Crippen LogP contribution in [-0.2, 0) is 12.8 Å². The van der Waals surface area contributed by atoms with Crippen LogP contribution in [0.1, 0.15) is 35.6 Å². The van der Waals surface area contributed by atoms with Crippen LogP contribution in [0, 0.1) is 5.92 Å². The number of hydrogen-bond acceptors (Lipinski definition) is 2. The third kappa shape index (κ3) is 2.13. The Labute approximate surface area is 118 Å². The maximum Gasteiger partial charge on any atom is 0.0352 e. The lowest BCUT2D eigenvalue weighted by atomic mass is 9.94. The molecule has 3 heteroatoms. The highest BCUT2D eigenvalue weighted by molar-refractivity contribution is 9.10. The van der Waals surface area contributed by atoms with Gasteiger partial charge >= 0.3 is 0 Å². The van der Waals surface area contributed by atoms with Crippen LogP contribution in [-0.4, -0.2) is 25.0 Å². The van der Waals surface area contributed by atoms with E-state index >= 15 is 0 Å². The van der Waals surface area contributed by atoms with Gasteiger partial charge in [0, 0.05) is 17.1 Å². The number of likely N-dealkylation sites (tertiary alicyclic amines) is 1. The smallest absolute Gasteiger partial charge is 0.0352 e. The van der Waals surface area contributed by atoms with Crippen molar-refractivity contribution in [1.82, 2.24) is 4.90 Å². The van der Waals surface area contributed by atoms with Crippen LogP contribution in [0.3, 0.4) is 0 Å². The van der Waals surface area contributed by atoms with E-state index in [9.17, 15) is 0 Å². The molecule has 1 saturated heterocycles. The highest BCUT2D eigenvalue weighted by Gasteiger charge is 2.32. The lowest BCUT2D eigenvalue weighted by molar-refractivity contribution is 0.312. The number of nitrogens with zero attached hydrogens (tertiary/aromatic N) is 1. The summed E-state index contributed by atoms with van der Waals surface area (Å²) in [6, 6.07) is 5.22. The van der Waals surface area contributed by atoms with Crippen molar-refractivity contribution in [3.05, 3.63) is 33.3 Å². The van der Waals surface area contributed by atoms with E-state index in [0.29, 0.717) is 12.0 Å². The van der Waals surface area contributed by atoms with Crippen molar-refractivity contribution >= 4 is 15.9 Å². The maximum absolute atomic E-state index is 5.84. The Kier molecular flexibility index (Phi) is 3.48.